The molecule has 3 N–H and O–H groups in total. The van der Waals surface area contributed by atoms with Crippen LogP contribution in [0.4, 0.5) is 5.69 Å². The van der Waals surface area contributed by atoms with Crippen molar-refractivity contribution in [3.05, 3.63) is 47.8 Å². The lowest BCUT2D eigenvalue weighted by molar-refractivity contribution is -0.127. The molecule has 0 bridgehead atoms. The molecule has 4 saturated carbocycles. The van der Waals surface area contributed by atoms with E-state index in [0.717, 1.165) is 63.5 Å². The largest absolute Gasteiger partial charge is 0.355 e. The highest BCUT2D eigenvalue weighted by Gasteiger charge is 2.46. The van der Waals surface area contributed by atoms with Gasteiger partial charge in [0.05, 0.1) is 5.41 Å². The van der Waals surface area contributed by atoms with Crippen molar-refractivity contribution < 1.29 is 14.4 Å². The van der Waals surface area contributed by atoms with E-state index >= 15 is 0 Å². The van der Waals surface area contributed by atoms with E-state index in [4.69, 9.17) is 0 Å². The van der Waals surface area contributed by atoms with Crippen molar-refractivity contribution in [3.63, 3.8) is 0 Å². The fraction of sp³-hybridized carbons (Fsp3) is 0.647. The van der Waals surface area contributed by atoms with Crippen LogP contribution < -0.4 is 16.0 Å². The Morgan fingerprint density at radius 1 is 0.952 bits per heavy atom. The second kappa shape index (κ2) is 11.8. The molecule has 6 rings (SSSR count). The fourth-order valence-electron chi connectivity index (χ4n) is 8.06. The number of hydrogen-bond donors (Lipinski definition) is 3. The highest BCUT2D eigenvalue weighted by atomic mass is 16.2. The van der Waals surface area contributed by atoms with Gasteiger partial charge in [-0.1, -0.05) is 64.0 Å². The molecule has 0 spiro atoms. The molecule has 0 saturated heterocycles. The van der Waals surface area contributed by atoms with E-state index in [1.54, 1.807) is 24.0 Å². The maximum atomic E-state index is 14.1. The van der Waals surface area contributed by atoms with Crippen molar-refractivity contribution in [1.29, 1.82) is 0 Å². The van der Waals surface area contributed by atoms with Gasteiger partial charge in [-0.2, -0.15) is 5.10 Å². The number of nitrogens with one attached hydrogen (secondary N) is 3. The topological polar surface area (TPSA) is 105 Å². The first-order chi connectivity index (χ1) is 20.3. The maximum absolute atomic E-state index is 14.1. The Morgan fingerprint density at radius 2 is 1.67 bits per heavy atom. The van der Waals surface area contributed by atoms with Gasteiger partial charge in [0, 0.05) is 25.5 Å². The Morgan fingerprint density at radius 3 is 2.29 bits per heavy atom. The summed E-state index contributed by atoms with van der Waals surface area (Å²) in [4.78, 5) is 41.2. The molecular formula is C34H47N5O3. The van der Waals surface area contributed by atoms with Crippen molar-refractivity contribution in [1.82, 2.24) is 20.4 Å². The normalized spacial score (nSPS) is 22.6. The highest BCUT2D eigenvalue weighted by Crippen LogP contribution is 2.48. The molecule has 226 valence electrons. The molecule has 0 aliphatic heterocycles. The first kappa shape index (κ1) is 28.9. The van der Waals surface area contributed by atoms with Gasteiger partial charge in [0.2, 0.25) is 11.8 Å². The minimum atomic E-state index is -0.626. The van der Waals surface area contributed by atoms with Crippen LogP contribution in [0.5, 0.6) is 0 Å². The van der Waals surface area contributed by atoms with Crippen LogP contribution in [0.3, 0.4) is 0 Å². The Bertz CT molecular complexity index is 1300. The SMILES string of the molecule is Cn1nccc1C(=O)N[C@H](C(=O)Nc1cccc(C2(C(=O)NCC3(C)CCC3)CCCC2)c1)C(C1CCCC1)C1CC1. The van der Waals surface area contributed by atoms with Crippen LogP contribution in [-0.2, 0) is 22.1 Å². The van der Waals surface area contributed by atoms with Crippen molar-refractivity contribution in [2.75, 3.05) is 11.9 Å². The maximum Gasteiger partial charge on any atom is 0.270 e. The van der Waals surface area contributed by atoms with Gasteiger partial charge in [-0.3, -0.25) is 19.1 Å². The summed E-state index contributed by atoms with van der Waals surface area (Å²) in [7, 11) is 1.74. The number of carbonyl (C=O) groups is 3. The summed E-state index contributed by atoms with van der Waals surface area (Å²) in [6.45, 7) is 2.99. The van der Waals surface area contributed by atoms with Gasteiger partial charge in [0.25, 0.3) is 5.91 Å². The second-order valence-corrected chi connectivity index (χ2v) is 14.0. The number of nitrogens with zero attached hydrogens (tertiary/aromatic N) is 2. The standard InChI is InChI=1S/C34H47N5O3/c1-33(16-8-17-33)22-35-32(42)34(18-5-6-19-34)25-11-7-12-26(21-25)37-31(41)29(38-30(40)27-15-20-36-39(27)2)28(24-13-14-24)23-9-3-4-10-23/h7,11-12,15,20-21,23-24,28-29H,3-6,8-10,13-14,16-19,22H2,1-2H3,(H,35,42)(H,37,41)(H,38,40)/t28?,29-/m0/s1. The summed E-state index contributed by atoms with van der Waals surface area (Å²) in [5.74, 6) is 0.698. The molecule has 1 unspecified atom stereocenters. The summed E-state index contributed by atoms with van der Waals surface area (Å²) in [5, 5.41) is 13.8. The van der Waals surface area contributed by atoms with Crippen molar-refractivity contribution in [3.8, 4) is 0 Å². The van der Waals surface area contributed by atoms with Crippen molar-refractivity contribution in [2.45, 2.75) is 102 Å². The number of carbonyl (C=O) groups excluding carboxylic acids is 3. The third-order valence-electron chi connectivity index (χ3n) is 10.9. The lowest BCUT2D eigenvalue weighted by Gasteiger charge is -2.39. The summed E-state index contributed by atoms with van der Waals surface area (Å²) in [6, 6.07) is 8.95. The quantitative estimate of drug-likeness (QED) is 0.331. The van der Waals surface area contributed by atoms with Gasteiger partial charge in [-0.05, 0) is 85.5 Å². The molecule has 1 heterocycles. The summed E-state index contributed by atoms with van der Waals surface area (Å²) < 4.78 is 1.55. The summed E-state index contributed by atoms with van der Waals surface area (Å²) in [5.41, 5.74) is 1.76. The zero-order valence-corrected chi connectivity index (χ0v) is 25.3. The number of anilines is 1. The average Bonchev–Trinajstić information content (AvgIpc) is 3.34. The molecule has 2 atom stereocenters. The second-order valence-electron chi connectivity index (χ2n) is 14.0. The van der Waals surface area contributed by atoms with Crippen molar-refractivity contribution >= 4 is 23.4 Å². The van der Waals surface area contributed by atoms with E-state index < -0.39 is 11.5 Å². The number of aromatic nitrogens is 2. The number of benzene rings is 1. The zero-order valence-electron chi connectivity index (χ0n) is 25.3. The van der Waals surface area contributed by atoms with Crippen LogP contribution in [0.2, 0.25) is 0 Å². The highest BCUT2D eigenvalue weighted by molar-refractivity contribution is 6.01. The van der Waals surface area contributed by atoms with Gasteiger partial charge in [-0.15, -0.1) is 0 Å². The Hall–Kier alpha value is -3.16. The first-order valence-electron chi connectivity index (χ1n) is 16.3. The number of aryl methyl sites for hydroxylation is 1. The van der Waals surface area contributed by atoms with Gasteiger partial charge >= 0.3 is 0 Å². The Kier molecular flexibility index (Phi) is 8.16. The lowest BCUT2D eigenvalue weighted by Crippen LogP contribution is -2.51. The predicted molar refractivity (Wildman–Crippen MR) is 163 cm³/mol. The Balaban J connectivity index is 1.23. The van der Waals surface area contributed by atoms with Crippen LogP contribution >= 0.6 is 0 Å². The van der Waals surface area contributed by atoms with Gasteiger partial charge in [0.15, 0.2) is 0 Å². The van der Waals surface area contributed by atoms with Crippen LogP contribution in [0, 0.1) is 23.2 Å². The predicted octanol–water partition coefficient (Wildman–Crippen LogP) is 5.49. The zero-order chi connectivity index (χ0) is 29.3. The smallest absolute Gasteiger partial charge is 0.270 e. The van der Waals surface area contributed by atoms with Gasteiger partial charge < -0.3 is 16.0 Å². The average molecular weight is 574 g/mol. The van der Waals surface area contributed by atoms with E-state index in [-0.39, 0.29) is 29.1 Å². The van der Waals surface area contributed by atoms with Crippen LogP contribution in [0.1, 0.15) is 106 Å². The first-order valence-corrected chi connectivity index (χ1v) is 16.3. The van der Waals surface area contributed by atoms with Crippen LogP contribution in [0.15, 0.2) is 36.5 Å². The number of hydrogen-bond acceptors (Lipinski definition) is 4. The van der Waals surface area contributed by atoms with Crippen LogP contribution in [0.25, 0.3) is 0 Å². The summed E-state index contributed by atoms with van der Waals surface area (Å²) >= 11 is 0. The molecular weight excluding hydrogens is 526 g/mol. The number of rotatable bonds is 11. The molecule has 4 aliphatic rings. The van der Waals surface area contributed by atoms with E-state index in [0.29, 0.717) is 23.2 Å². The lowest BCUT2D eigenvalue weighted by atomic mass is 9.70. The molecule has 8 heteroatoms. The van der Waals surface area contributed by atoms with Crippen molar-refractivity contribution in [2.24, 2.45) is 30.2 Å². The molecule has 2 aromatic rings. The molecule has 42 heavy (non-hydrogen) atoms. The van der Waals surface area contributed by atoms with Crippen LogP contribution in [-0.4, -0.2) is 40.1 Å². The van der Waals surface area contributed by atoms with E-state index in [2.05, 4.69) is 28.0 Å². The molecule has 0 radical (unpaired) electrons. The number of amides is 3. The van der Waals surface area contributed by atoms with E-state index in [1.165, 1.54) is 32.1 Å². The van der Waals surface area contributed by atoms with E-state index in [9.17, 15) is 14.4 Å². The summed E-state index contributed by atoms with van der Waals surface area (Å²) in [6.07, 6.45) is 15.7. The minimum absolute atomic E-state index is 0.118. The molecule has 3 amide bonds. The third-order valence-corrected chi connectivity index (χ3v) is 10.9. The molecule has 1 aromatic heterocycles. The Labute approximate surface area is 249 Å². The third kappa shape index (κ3) is 5.86. The molecule has 1 aromatic carbocycles. The van der Waals surface area contributed by atoms with Gasteiger partial charge in [-0.25, -0.2) is 0 Å². The fourth-order valence-corrected chi connectivity index (χ4v) is 8.06. The van der Waals surface area contributed by atoms with Gasteiger partial charge in [0.1, 0.15) is 11.7 Å². The molecule has 4 aliphatic carbocycles. The molecule has 8 nitrogen and oxygen atoms in total. The van der Waals surface area contributed by atoms with E-state index in [1.807, 2.05) is 24.3 Å². The molecule has 4 fully saturated rings. The monoisotopic (exact) mass is 573 g/mol. The minimum Gasteiger partial charge on any atom is -0.355 e.